The Kier molecular flexibility index (Phi) is 3.66. The van der Waals surface area contributed by atoms with E-state index in [4.69, 9.17) is 21.1 Å². The first-order valence-corrected chi connectivity index (χ1v) is 6.63. The molecule has 21 heavy (non-hydrogen) atoms. The summed E-state index contributed by atoms with van der Waals surface area (Å²) in [5, 5.41) is 2.90. The second kappa shape index (κ2) is 5.61. The number of nitrogens with one attached hydrogen (secondary N) is 1. The van der Waals surface area contributed by atoms with E-state index in [0.717, 1.165) is 11.6 Å². The van der Waals surface area contributed by atoms with E-state index in [-0.39, 0.29) is 23.9 Å². The van der Waals surface area contributed by atoms with Gasteiger partial charge in [0.1, 0.15) is 5.82 Å². The number of ether oxygens (including phenoxy) is 2. The number of carbonyl (C=O) groups is 1. The molecule has 0 bridgehead atoms. The van der Waals surface area contributed by atoms with Crippen molar-refractivity contribution in [3.8, 4) is 11.5 Å². The van der Waals surface area contributed by atoms with Gasteiger partial charge in [-0.2, -0.15) is 0 Å². The molecule has 3 rings (SSSR count). The number of hydrogen-bond acceptors (Lipinski definition) is 3. The van der Waals surface area contributed by atoms with Crippen molar-refractivity contribution in [3.63, 3.8) is 0 Å². The topological polar surface area (TPSA) is 47.6 Å². The predicted octanol–water partition coefficient (Wildman–Crippen LogP) is 3.14. The summed E-state index contributed by atoms with van der Waals surface area (Å²) in [5.74, 6) is 0.383. The summed E-state index contributed by atoms with van der Waals surface area (Å²) in [6, 6.07) is 9.05. The van der Waals surface area contributed by atoms with Crippen LogP contribution >= 0.6 is 11.6 Å². The molecule has 0 saturated heterocycles. The summed E-state index contributed by atoms with van der Waals surface area (Å²) < 4.78 is 23.6. The first-order valence-electron chi connectivity index (χ1n) is 6.25. The second-order valence-corrected chi connectivity index (χ2v) is 4.90. The van der Waals surface area contributed by atoms with Gasteiger partial charge in [0.25, 0.3) is 5.91 Å². The molecule has 0 spiro atoms. The third-order valence-electron chi connectivity index (χ3n) is 3.06. The van der Waals surface area contributed by atoms with Crippen LogP contribution in [-0.4, -0.2) is 12.7 Å². The van der Waals surface area contributed by atoms with E-state index in [0.29, 0.717) is 11.5 Å². The molecule has 0 saturated carbocycles. The molecule has 0 unspecified atom stereocenters. The summed E-state index contributed by atoms with van der Waals surface area (Å²) in [5.41, 5.74) is 0.956. The van der Waals surface area contributed by atoms with E-state index in [1.807, 2.05) is 6.07 Å². The van der Waals surface area contributed by atoms with Crippen LogP contribution in [0.25, 0.3) is 0 Å². The maximum Gasteiger partial charge on any atom is 0.253 e. The van der Waals surface area contributed by atoms with E-state index < -0.39 is 11.7 Å². The third kappa shape index (κ3) is 2.92. The first-order chi connectivity index (χ1) is 10.1. The molecule has 6 heteroatoms. The highest BCUT2D eigenvalue weighted by atomic mass is 35.5. The fraction of sp³-hybridized carbons (Fsp3) is 0.133. The maximum atomic E-state index is 13.2. The van der Waals surface area contributed by atoms with Crippen LogP contribution in [0, 0.1) is 5.82 Å². The molecule has 2 aromatic carbocycles. The van der Waals surface area contributed by atoms with E-state index in [9.17, 15) is 9.18 Å². The van der Waals surface area contributed by atoms with Gasteiger partial charge in [0, 0.05) is 6.54 Å². The van der Waals surface area contributed by atoms with Crippen molar-refractivity contribution >= 4 is 17.5 Å². The van der Waals surface area contributed by atoms with Gasteiger partial charge in [-0.15, -0.1) is 0 Å². The number of rotatable bonds is 3. The van der Waals surface area contributed by atoms with Crippen LogP contribution in [0.4, 0.5) is 4.39 Å². The van der Waals surface area contributed by atoms with Crippen LogP contribution < -0.4 is 14.8 Å². The van der Waals surface area contributed by atoms with Crippen molar-refractivity contribution in [3.05, 3.63) is 58.4 Å². The highest BCUT2D eigenvalue weighted by molar-refractivity contribution is 6.33. The Hall–Kier alpha value is -2.27. The highest BCUT2D eigenvalue weighted by Gasteiger charge is 2.14. The Morgan fingerprint density at radius 1 is 1.19 bits per heavy atom. The van der Waals surface area contributed by atoms with Gasteiger partial charge in [0.15, 0.2) is 11.5 Å². The van der Waals surface area contributed by atoms with E-state index in [2.05, 4.69) is 5.32 Å². The Morgan fingerprint density at radius 3 is 2.86 bits per heavy atom. The van der Waals surface area contributed by atoms with Crippen LogP contribution in [0.5, 0.6) is 11.5 Å². The van der Waals surface area contributed by atoms with Gasteiger partial charge in [-0.3, -0.25) is 4.79 Å². The standard InChI is InChI=1S/C15H11ClFNO3/c16-12-3-2-10(17)6-11(12)15(19)18-7-9-1-4-13-14(5-9)21-8-20-13/h1-6H,7-8H2,(H,18,19). The van der Waals surface area contributed by atoms with Gasteiger partial charge >= 0.3 is 0 Å². The first kappa shape index (κ1) is 13.7. The molecule has 0 aliphatic carbocycles. The molecular weight excluding hydrogens is 297 g/mol. The molecule has 0 aromatic heterocycles. The normalized spacial score (nSPS) is 12.3. The van der Waals surface area contributed by atoms with Crippen LogP contribution in [0.15, 0.2) is 36.4 Å². The molecule has 1 amide bonds. The lowest BCUT2D eigenvalue weighted by molar-refractivity contribution is 0.0950. The van der Waals surface area contributed by atoms with E-state index >= 15 is 0 Å². The lowest BCUT2D eigenvalue weighted by atomic mass is 10.1. The minimum atomic E-state index is -0.507. The number of carbonyl (C=O) groups excluding carboxylic acids is 1. The monoisotopic (exact) mass is 307 g/mol. The number of fused-ring (bicyclic) bond motifs is 1. The van der Waals surface area contributed by atoms with Gasteiger partial charge in [-0.1, -0.05) is 17.7 Å². The van der Waals surface area contributed by atoms with Crippen molar-refractivity contribution in [1.82, 2.24) is 5.32 Å². The number of hydrogen-bond donors (Lipinski definition) is 1. The average molecular weight is 308 g/mol. The molecule has 1 aliphatic heterocycles. The zero-order valence-electron chi connectivity index (χ0n) is 10.9. The van der Waals surface area contributed by atoms with Crippen LogP contribution in [0.2, 0.25) is 5.02 Å². The molecule has 1 N–H and O–H groups in total. The molecule has 108 valence electrons. The maximum absolute atomic E-state index is 13.2. The fourth-order valence-electron chi connectivity index (χ4n) is 2.00. The molecule has 0 atom stereocenters. The SMILES string of the molecule is O=C(NCc1ccc2c(c1)OCO2)c1cc(F)ccc1Cl. The smallest absolute Gasteiger partial charge is 0.253 e. The molecule has 1 aliphatic rings. The zero-order valence-corrected chi connectivity index (χ0v) is 11.6. The lowest BCUT2D eigenvalue weighted by Crippen LogP contribution is -2.23. The van der Waals surface area contributed by atoms with Gasteiger partial charge in [-0.05, 0) is 35.9 Å². The fourth-order valence-corrected chi connectivity index (χ4v) is 2.20. The summed E-state index contributed by atoms with van der Waals surface area (Å²) in [4.78, 5) is 12.0. The Morgan fingerprint density at radius 2 is 2.00 bits per heavy atom. The largest absolute Gasteiger partial charge is 0.454 e. The van der Waals surface area contributed by atoms with Crippen molar-refractivity contribution in [1.29, 1.82) is 0 Å². The lowest BCUT2D eigenvalue weighted by Gasteiger charge is -2.07. The summed E-state index contributed by atoms with van der Waals surface area (Å²) in [6.45, 7) is 0.479. The number of halogens is 2. The quantitative estimate of drug-likeness (QED) is 0.947. The summed E-state index contributed by atoms with van der Waals surface area (Å²) in [6.07, 6.45) is 0. The summed E-state index contributed by atoms with van der Waals surface area (Å²) in [7, 11) is 0. The molecular formula is C15H11ClFNO3. The van der Waals surface area contributed by atoms with Crippen molar-refractivity contribution in [2.24, 2.45) is 0 Å². The second-order valence-electron chi connectivity index (χ2n) is 4.49. The third-order valence-corrected chi connectivity index (χ3v) is 3.39. The molecule has 2 aromatic rings. The molecule has 0 fully saturated rings. The van der Waals surface area contributed by atoms with Crippen LogP contribution in [-0.2, 0) is 6.54 Å². The van der Waals surface area contributed by atoms with E-state index in [1.54, 1.807) is 12.1 Å². The molecule has 0 radical (unpaired) electrons. The Balaban J connectivity index is 1.70. The highest BCUT2D eigenvalue weighted by Crippen LogP contribution is 2.32. The average Bonchev–Trinajstić information content (AvgIpc) is 2.94. The predicted molar refractivity (Wildman–Crippen MR) is 75.1 cm³/mol. The van der Waals surface area contributed by atoms with Crippen molar-refractivity contribution in [2.45, 2.75) is 6.54 Å². The Labute approximate surface area is 125 Å². The number of amides is 1. The summed E-state index contributed by atoms with van der Waals surface area (Å²) >= 11 is 5.89. The minimum absolute atomic E-state index is 0.109. The van der Waals surface area contributed by atoms with Gasteiger partial charge < -0.3 is 14.8 Å². The molecule has 4 nitrogen and oxygen atoms in total. The van der Waals surface area contributed by atoms with Crippen molar-refractivity contribution < 1.29 is 18.7 Å². The zero-order chi connectivity index (χ0) is 14.8. The van der Waals surface area contributed by atoms with Crippen LogP contribution in [0.3, 0.4) is 0 Å². The number of benzene rings is 2. The van der Waals surface area contributed by atoms with Gasteiger partial charge in [0.05, 0.1) is 10.6 Å². The van der Waals surface area contributed by atoms with Gasteiger partial charge in [0.2, 0.25) is 6.79 Å². The molecule has 1 heterocycles. The van der Waals surface area contributed by atoms with E-state index in [1.165, 1.54) is 12.1 Å². The van der Waals surface area contributed by atoms with Crippen molar-refractivity contribution in [2.75, 3.05) is 6.79 Å². The Bertz CT molecular complexity index is 705. The van der Waals surface area contributed by atoms with Gasteiger partial charge in [-0.25, -0.2) is 4.39 Å². The van der Waals surface area contributed by atoms with Crippen LogP contribution in [0.1, 0.15) is 15.9 Å². The minimum Gasteiger partial charge on any atom is -0.454 e.